The molecule has 0 saturated heterocycles. The van der Waals surface area contributed by atoms with Gasteiger partial charge in [0.15, 0.2) is 5.11 Å². The Morgan fingerprint density at radius 3 is 1.56 bits per heavy atom. The third-order valence-electron chi connectivity index (χ3n) is 10.4. The summed E-state index contributed by atoms with van der Waals surface area (Å²) in [7, 11) is 0. The molecule has 9 heteroatoms. The lowest BCUT2D eigenvalue weighted by Gasteiger charge is -2.31. The van der Waals surface area contributed by atoms with Crippen LogP contribution in [0.3, 0.4) is 0 Å². The van der Waals surface area contributed by atoms with Crippen molar-refractivity contribution in [3.63, 3.8) is 0 Å². The van der Waals surface area contributed by atoms with E-state index in [1.807, 2.05) is 6.92 Å². The average molecular weight is 702 g/mol. The lowest BCUT2D eigenvalue weighted by molar-refractivity contribution is -0.0651. The van der Waals surface area contributed by atoms with Gasteiger partial charge in [-0.2, -0.15) is 0 Å². The van der Waals surface area contributed by atoms with E-state index >= 15 is 0 Å². The van der Waals surface area contributed by atoms with Crippen LogP contribution in [0.4, 0.5) is 0 Å². The van der Waals surface area contributed by atoms with Gasteiger partial charge < -0.3 is 41.5 Å². The van der Waals surface area contributed by atoms with E-state index in [4.69, 9.17) is 12.2 Å². The van der Waals surface area contributed by atoms with E-state index in [2.05, 4.69) is 22.9 Å². The van der Waals surface area contributed by atoms with Crippen molar-refractivity contribution >= 4 is 17.3 Å². The molecule has 0 aromatic heterocycles. The second-order valence-corrected chi connectivity index (χ2v) is 15.2. The number of aliphatic hydroxyl groups excluding tert-OH is 5. The third kappa shape index (κ3) is 23.8. The fraction of sp³-hybridized carbons (Fsp3) is 0.974. The number of aliphatic hydroxyl groups is 5. The van der Waals surface area contributed by atoms with Crippen molar-refractivity contribution in [2.45, 2.75) is 230 Å². The summed E-state index contributed by atoms with van der Waals surface area (Å²) in [5.74, 6) is 0. The quantitative estimate of drug-likeness (QED) is 0.0215. The van der Waals surface area contributed by atoms with Gasteiger partial charge in [-0.1, -0.05) is 149 Å². The standard InChI is InChI=1S/C39H79N3O5S/c1-3-5-6-7-8-9-10-11-12-13-14-15-16-17-18-19-20-21-22-23-24-25-29-40-39(48)42-34(36(45)30-32(43)4-2)31-41-33-27-26-28-35(44)38(47)37(33)46/h32-38,41,43-47H,3-31H2,1-2H3,(H2,40,42,48). The second-order valence-electron chi connectivity index (χ2n) is 14.8. The molecule has 0 bridgehead atoms. The van der Waals surface area contributed by atoms with E-state index in [-0.39, 0.29) is 6.42 Å². The Bertz CT molecular complexity index is 736. The molecule has 7 unspecified atom stereocenters. The van der Waals surface area contributed by atoms with E-state index < -0.39 is 42.6 Å². The Morgan fingerprint density at radius 2 is 1.10 bits per heavy atom. The van der Waals surface area contributed by atoms with Crippen LogP contribution in [-0.2, 0) is 0 Å². The molecule has 7 atom stereocenters. The molecule has 0 amide bonds. The molecule has 0 heterocycles. The average Bonchev–Trinajstić information content (AvgIpc) is 3.19. The van der Waals surface area contributed by atoms with Crippen molar-refractivity contribution in [2.24, 2.45) is 0 Å². The number of unbranched alkanes of at least 4 members (excludes halogenated alkanes) is 21. The first-order chi connectivity index (χ1) is 23.3. The fourth-order valence-electron chi connectivity index (χ4n) is 6.90. The summed E-state index contributed by atoms with van der Waals surface area (Å²) in [4.78, 5) is 0. The third-order valence-corrected chi connectivity index (χ3v) is 10.6. The van der Waals surface area contributed by atoms with Crippen molar-refractivity contribution in [1.82, 2.24) is 16.0 Å². The minimum atomic E-state index is -1.20. The van der Waals surface area contributed by atoms with Crippen LogP contribution in [0, 0.1) is 0 Å². The van der Waals surface area contributed by atoms with Crippen molar-refractivity contribution < 1.29 is 25.5 Å². The Balaban J connectivity index is 2.06. The van der Waals surface area contributed by atoms with Crippen molar-refractivity contribution in [3.8, 4) is 0 Å². The van der Waals surface area contributed by atoms with Crippen molar-refractivity contribution in [1.29, 1.82) is 0 Å². The van der Waals surface area contributed by atoms with E-state index in [0.717, 1.165) is 13.0 Å². The first-order valence-corrected chi connectivity index (χ1v) is 20.9. The summed E-state index contributed by atoms with van der Waals surface area (Å²) >= 11 is 5.53. The highest BCUT2D eigenvalue weighted by Crippen LogP contribution is 2.20. The summed E-state index contributed by atoms with van der Waals surface area (Å²) in [6.45, 7) is 5.23. The number of hydrogen-bond donors (Lipinski definition) is 8. The maximum atomic E-state index is 10.9. The van der Waals surface area contributed by atoms with E-state index in [9.17, 15) is 25.5 Å². The van der Waals surface area contributed by atoms with Gasteiger partial charge in [0.05, 0.1) is 30.5 Å². The molecule has 1 fully saturated rings. The molecule has 1 aliphatic carbocycles. The van der Waals surface area contributed by atoms with E-state index in [1.54, 1.807) is 0 Å². The Labute approximate surface area is 301 Å². The minimum Gasteiger partial charge on any atom is -0.393 e. The van der Waals surface area contributed by atoms with Gasteiger partial charge in [0.1, 0.15) is 6.10 Å². The highest BCUT2D eigenvalue weighted by Gasteiger charge is 2.34. The van der Waals surface area contributed by atoms with Gasteiger partial charge in [0, 0.05) is 25.6 Å². The van der Waals surface area contributed by atoms with Crippen LogP contribution in [0.25, 0.3) is 0 Å². The highest BCUT2D eigenvalue weighted by atomic mass is 32.1. The minimum absolute atomic E-state index is 0.215. The van der Waals surface area contributed by atoms with Crippen LogP contribution < -0.4 is 16.0 Å². The van der Waals surface area contributed by atoms with Gasteiger partial charge in [-0.3, -0.25) is 0 Å². The Kier molecular flexibility index (Phi) is 29.6. The van der Waals surface area contributed by atoms with Crippen LogP contribution >= 0.6 is 12.2 Å². The fourth-order valence-corrected chi connectivity index (χ4v) is 7.16. The summed E-state index contributed by atoms with van der Waals surface area (Å²) in [6.07, 6.45) is 27.9. The predicted molar refractivity (Wildman–Crippen MR) is 205 cm³/mol. The zero-order chi connectivity index (χ0) is 35.2. The zero-order valence-corrected chi connectivity index (χ0v) is 32.0. The van der Waals surface area contributed by atoms with Gasteiger partial charge in [-0.05, 0) is 44.3 Å². The van der Waals surface area contributed by atoms with E-state index in [1.165, 1.54) is 135 Å². The second kappa shape index (κ2) is 31.2. The Morgan fingerprint density at radius 1 is 0.646 bits per heavy atom. The van der Waals surface area contributed by atoms with Gasteiger partial charge in [0.2, 0.25) is 0 Å². The SMILES string of the molecule is CCCCCCCCCCCCCCCCCCCCCCCCNC(=S)NC(CNC1CCCC(O)C(O)C1O)C(O)CC(O)CC. The van der Waals surface area contributed by atoms with Gasteiger partial charge in [-0.25, -0.2) is 0 Å². The lowest BCUT2D eigenvalue weighted by atomic mass is 10.00. The van der Waals surface area contributed by atoms with Crippen molar-refractivity contribution in [2.75, 3.05) is 13.1 Å². The monoisotopic (exact) mass is 702 g/mol. The topological polar surface area (TPSA) is 137 Å². The molecule has 1 saturated carbocycles. The lowest BCUT2D eigenvalue weighted by Crippen LogP contribution is -2.56. The van der Waals surface area contributed by atoms with Gasteiger partial charge in [-0.15, -0.1) is 0 Å². The van der Waals surface area contributed by atoms with Crippen LogP contribution in [0.5, 0.6) is 0 Å². The van der Waals surface area contributed by atoms with E-state index in [0.29, 0.717) is 37.3 Å². The summed E-state index contributed by atoms with van der Waals surface area (Å²) < 4.78 is 0. The van der Waals surface area contributed by atoms with Crippen LogP contribution in [0.2, 0.25) is 0 Å². The molecule has 0 aliphatic heterocycles. The first kappa shape index (κ1) is 45.5. The van der Waals surface area contributed by atoms with Gasteiger partial charge >= 0.3 is 0 Å². The molecule has 286 valence electrons. The number of rotatable bonds is 31. The molecular formula is C39H79N3O5S. The molecule has 8 N–H and O–H groups in total. The van der Waals surface area contributed by atoms with Gasteiger partial charge in [0.25, 0.3) is 0 Å². The predicted octanol–water partition coefficient (Wildman–Crippen LogP) is 7.17. The molecule has 1 rings (SSSR count). The largest absolute Gasteiger partial charge is 0.393 e. The van der Waals surface area contributed by atoms with Crippen LogP contribution in [-0.4, -0.2) is 86.3 Å². The molecule has 1 aliphatic rings. The van der Waals surface area contributed by atoms with Crippen LogP contribution in [0.1, 0.15) is 187 Å². The number of hydrogen-bond acceptors (Lipinski definition) is 7. The first-order valence-electron chi connectivity index (χ1n) is 20.5. The maximum Gasteiger partial charge on any atom is 0.166 e. The molecule has 0 aromatic carbocycles. The normalized spacial score (nSPS) is 21.8. The molecule has 0 spiro atoms. The maximum absolute atomic E-state index is 10.9. The molecular weight excluding hydrogens is 623 g/mol. The summed E-state index contributed by atoms with van der Waals surface area (Å²) in [5.41, 5.74) is 0. The molecule has 0 aromatic rings. The summed E-state index contributed by atoms with van der Waals surface area (Å²) in [5, 5.41) is 61.9. The van der Waals surface area contributed by atoms with Crippen LogP contribution in [0.15, 0.2) is 0 Å². The Hall–Kier alpha value is -0.550. The summed E-state index contributed by atoms with van der Waals surface area (Å²) in [6, 6.07) is -0.886. The molecule has 48 heavy (non-hydrogen) atoms. The highest BCUT2D eigenvalue weighted by molar-refractivity contribution is 7.80. The molecule has 8 nitrogen and oxygen atoms in total. The smallest absolute Gasteiger partial charge is 0.166 e. The number of thiocarbonyl (C=S) groups is 1. The zero-order valence-electron chi connectivity index (χ0n) is 31.2. The number of nitrogens with one attached hydrogen (secondary N) is 3. The molecule has 0 radical (unpaired) electrons. The van der Waals surface area contributed by atoms with Crippen molar-refractivity contribution in [3.05, 3.63) is 0 Å².